The predicted molar refractivity (Wildman–Crippen MR) is 107 cm³/mol. The van der Waals surface area contributed by atoms with Crippen LogP contribution in [0.1, 0.15) is 27.3 Å². The summed E-state index contributed by atoms with van der Waals surface area (Å²) in [4.78, 5) is 18.9. The predicted octanol–water partition coefficient (Wildman–Crippen LogP) is 3.96. The second-order valence-corrected chi connectivity index (χ2v) is 6.56. The van der Waals surface area contributed by atoms with E-state index in [9.17, 15) is 18.0 Å². The number of aromatic nitrogens is 4. The average Bonchev–Trinajstić information content (AvgIpc) is 3.18. The van der Waals surface area contributed by atoms with Gasteiger partial charge in [-0.25, -0.2) is 14.3 Å². The summed E-state index contributed by atoms with van der Waals surface area (Å²) in [6, 6.07) is 12.5. The number of alkyl halides is 3. The zero-order valence-corrected chi connectivity index (χ0v) is 16.3. The molecule has 0 atom stereocenters. The topological polar surface area (TPSA) is 106 Å². The summed E-state index contributed by atoms with van der Waals surface area (Å²) in [5, 5.41) is 12.4. The Morgan fingerprint density at radius 1 is 1.16 bits per heavy atom. The number of nitrogens with two attached hydrogens (primary N) is 1. The first-order chi connectivity index (χ1) is 14.7. The Balaban J connectivity index is 0.000000287. The normalized spacial score (nSPS) is 11.1. The molecule has 0 aliphatic carbocycles. The Morgan fingerprint density at radius 2 is 1.87 bits per heavy atom. The second-order valence-electron chi connectivity index (χ2n) is 6.56. The van der Waals surface area contributed by atoms with E-state index in [1.807, 2.05) is 19.1 Å². The largest absolute Gasteiger partial charge is 0.476 e. The molecule has 0 spiro atoms. The minimum absolute atomic E-state index is 0.0988. The van der Waals surface area contributed by atoms with Crippen LogP contribution < -0.4 is 5.73 Å². The van der Waals surface area contributed by atoms with E-state index in [4.69, 9.17) is 10.8 Å². The number of carboxylic acid groups (broad SMARTS) is 1. The van der Waals surface area contributed by atoms with Crippen molar-refractivity contribution in [3.05, 3.63) is 83.4 Å². The molecule has 0 radical (unpaired) electrons. The van der Waals surface area contributed by atoms with Gasteiger partial charge in [0.2, 0.25) is 0 Å². The number of nitrogens with zero attached hydrogens (tertiary/aromatic N) is 4. The van der Waals surface area contributed by atoms with Crippen LogP contribution in [-0.2, 0) is 12.7 Å². The van der Waals surface area contributed by atoms with Crippen molar-refractivity contribution in [1.29, 1.82) is 0 Å². The molecule has 0 aliphatic rings. The van der Waals surface area contributed by atoms with E-state index >= 15 is 0 Å². The van der Waals surface area contributed by atoms with E-state index in [1.54, 1.807) is 36.7 Å². The summed E-state index contributed by atoms with van der Waals surface area (Å²) in [6.07, 6.45) is -1.19. The van der Waals surface area contributed by atoms with Crippen LogP contribution in [0.25, 0.3) is 16.9 Å². The molecule has 31 heavy (non-hydrogen) atoms. The Morgan fingerprint density at radius 3 is 2.39 bits per heavy atom. The number of benzene rings is 1. The van der Waals surface area contributed by atoms with Crippen molar-refractivity contribution in [2.45, 2.75) is 19.6 Å². The zero-order chi connectivity index (χ0) is 22.6. The van der Waals surface area contributed by atoms with Gasteiger partial charge in [-0.2, -0.15) is 18.3 Å². The van der Waals surface area contributed by atoms with Crippen molar-refractivity contribution in [2.75, 3.05) is 0 Å². The van der Waals surface area contributed by atoms with E-state index in [0.717, 1.165) is 23.3 Å². The number of hydrogen-bond acceptors (Lipinski definition) is 5. The quantitative estimate of drug-likeness (QED) is 0.511. The lowest BCUT2D eigenvalue weighted by molar-refractivity contribution is -0.142. The standard InChI is InChI=1S/C15H10F3N3O2.C6H8N2/c1-8-2-4-9(5-3-8)10-6-12(15(16,17)18)21-13(19-10)7-11(20-21)14(22)23;7-4-6-2-1-3-8-5-6/h2-7H,1H3,(H,22,23);1-3,5H,4,7H2. The van der Waals surface area contributed by atoms with Gasteiger partial charge in [-0.3, -0.25) is 4.98 Å². The van der Waals surface area contributed by atoms with Gasteiger partial charge in [0.1, 0.15) is 0 Å². The first-order valence-electron chi connectivity index (χ1n) is 9.06. The highest BCUT2D eigenvalue weighted by molar-refractivity contribution is 5.86. The molecule has 7 nitrogen and oxygen atoms in total. The highest BCUT2D eigenvalue weighted by atomic mass is 19.4. The highest BCUT2D eigenvalue weighted by Gasteiger charge is 2.35. The molecule has 0 unspecified atom stereocenters. The number of aromatic carboxylic acids is 1. The molecule has 0 bridgehead atoms. The van der Waals surface area contributed by atoms with Crippen LogP contribution >= 0.6 is 0 Å². The first kappa shape index (κ1) is 21.9. The lowest BCUT2D eigenvalue weighted by atomic mass is 10.1. The minimum Gasteiger partial charge on any atom is -0.476 e. The molecule has 0 saturated heterocycles. The third-order valence-electron chi connectivity index (χ3n) is 4.24. The molecule has 10 heteroatoms. The number of carboxylic acids is 1. The maximum Gasteiger partial charge on any atom is 0.433 e. The minimum atomic E-state index is -4.69. The molecule has 0 fully saturated rings. The fourth-order valence-electron chi connectivity index (χ4n) is 2.67. The third kappa shape index (κ3) is 5.23. The molecule has 3 aromatic heterocycles. The molecule has 0 saturated carbocycles. The number of carbonyl (C=O) groups is 1. The van der Waals surface area contributed by atoms with Gasteiger partial charge in [0, 0.05) is 30.6 Å². The molecular formula is C21H18F3N5O2. The van der Waals surface area contributed by atoms with Crippen LogP contribution in [0.15, 0.2) is 60.9 Å². The van der Waals surface area contributed by atoms with Crippen molar-refractivity contribution >= 4 is 11.6 Å². The summed E-state index contributed by atoms with van der Waals surface area (Å²) in [5.41, 5.74) is 6.20. The van der Waals surface area contributed by atoms with Gasteiger partial charge in [0.15, 0.2) is 17.0 Å². The maximum atomic E-state index is 13.3. The summed E-state index contributed by atoms with van der Waals surface area (Å²) in [7, 11) is 0. The van der Waals surface area contributed by atoms with E-state index in [2.05, 4.69) is 15.1 Å². The third-order valence-corrected chi connectivity index (χ3v) is 4.24. The molecule has 4 rings (SSSR count). The van der Waals surface area contributed by atoms with Gasteiger partial charge in [0.25, 0.3) is 0 Å². The maximum absolute atomic E-state index is 13.3. The van der Waals surface area contributed by atoms with Crippen LogP contribution in [0.2, 0.25) is 0 Å². The Hall–Kier alpha value is -3.79. The smallest absolute Gasteiger partial charge is 0.433 e. The molecule has 0 aliphatic heterocycles. The molecule has 3 heterocycles. The van der Waals surface area contributed by atoms with E-state index in [-0.39, 0.29) is 11.3 Å². The Labute approximate surface area is 175 Å². The van der Waals surface area contributed by atoms with E-state index in [0.29, 0.717) is 16.6 Å². The fourth-order valence-corrected chi connectivity index (χ4v) is 2.67. The van der Waals surface area contributed by atoms with Crippen molar-refractivity contribution in [2.24, 2.45) is 5.73 Å². The molecule has 3 N–H and O–H groups in total. The van der Waals surface area contributed by atoms with Crippen LogP contribution in [0.3, 0.4) is 0 Å². The van der Waals surface area contributed by atoms with Crippen molar-refractivity contribution in [1.82, 2.24) is 19.6 Å². The van der Waals surface area contributed by atoms with Gasteiger partial charge in [0.05, 0.1) is 5.69 Å². The van der Waals surface area contributed by atoms with Gasteiger partial charge >= 0.3 is 12.1 Å². The van der Waals surface area contributed by atoms with Crippen LogP contribution in [0.5, 0.6) is 0 Å². The zero-order valence-electron chi connectivity index (χ0n) is 16.3. The summed E-state index contributed by atoms with van der Waals surface area (Å²) < 4.78 is 40.3. The van der Waals surface area contributed by atoms with Gasteiger partial charge < -0.3 is 10.8 Å². The van der Waals surface area contributed by atoms with Crippen molar-refractivity contribution < 1.29 is 23.1 Å². The SMILES string of the molecule is Cc1ccc(-c2cc(C(F)(F)F)n3nc(C(=O)O)cc3n2)cc1.NCc1cccnc1. The van der Waals surface area contributed by atoms with Gasteiger partial charge in [-0.1, -0.05) is 35.9 Å². The molecule has 160 valence electrons. The first-order valence-corrected chi connectivity index (χ1v) is 9.06. The number of pyridine rings is 1. The second kappa shape index (κ2) is 8.92. The van der Waals surface area contributed by atoms with Crippen LogP contribution in [-0.4, -0.2) is 30.7 Å². The lowest BCUT2D eigenvalue weighted by Crippen LogP contribution is -2.14. The van der Waals surface area contributed by atoms with E-state index < -0.39 is 23.5 Å². The molecular weight excluding hydrogens is 411 g/mol. The van der Waals surface area contributed by atoms with Crippen molar-refractivity contribution in [3.8, 4) is 11.3 Å². The fraction of sp³-hybridized carbons (Fsp3) is 0.143. The van der Waals surface area contributed by atoms with Crippen molar-refractivity contribution in [3.63, 3.8) is 0 Å². The molecule has 0 amide bonds. The monoisotopic (exact) mass is 429 g/mol. The number of rotatable bonds is 3. The van der Waals surface area contributed by atoms with Crippen LogP contribution in [0, 0.1) is 6.92 Å². The lowest BCUT2D eigenvalue weighted by Gasteiger charge is -2.11. The van der Waals surface area contributed by atoms with Gasteiger partial charge in [-0.05, 0) is 24.6 Å². The molecule has 1 aromatic carbocycles. The highest BCUT2D eigenvalue weighted by Crippen LogP contribution is 2.32. The van der Waals surface area contributed by atoms with Crippen LogP contribution in [0.4, 0.5) is 13.2 Å². The number of fused-ring (bicyclic) bond motifs is 1. The number of halogens is 3. The Kier molecular flexibility index (Phi) is 6.30. The number of hydrogen-bond donors (Lipinski definition) is 2. The van der Waals surface area contributed by atoms with Gasteiger partial charge in [-0.15, -0.1) is 0 Å². The Bertz CT molecular complexity index is 1190. The average molecular weight is 429 g/mol. The summed E-state index contributed by atoms with van der Waals surface area (Å²) in [5.74, 6) is -1.42. The summed E-state index contributed by atoms with van der Waals surface area (Å²) in [6.45, 7) is 2.44. The summed E-state index contributed by atoms with van der Waals surface area (Å²) >= 11 is 0. The molecule has 4 aromatic rings. The number of aryl methyl sites for hydroxylation is 1. The van der Waals surface area contributed by atoms with E-state index in [1.165, 1.54) is 0 Å².